The predicted octanol–water partition coefficient (Wildman–Crippen LogP) is 3.81. The van der Waals surface area contributed by atoms with Gasteiger partial charge >= 0.3 is 0 Å². The van der Waals surface area contributed by atoms with Crippen LogP contribution < -0.4 is 20.9 Å². The van der Waals surface area contributed by atoms with Gasteiger partial charge in [0.15, 0.2) is 0 Å². The van der Waals surface area contributed by atoms with Crippen molar-refractivity contribution in [3.05, 3.63) is 53.7 Å². The molecule has 1 heterocycles. The zero-order valence-corrected chi connectivity index (χ0v) is 19.0. The Bertz CT molecular complexity index is 1100. The minimum atomic E-state index is -0.0551. The maximum atomic E-state index is 9.78. The Morgan fingerprint density at radius 3 is 2.48 bits per heavy atom. The van der Waals surface area contributed by atoms with E-state index in [4.69, 9.17) is 25.7 Å². The molecule has 174 valence electrons. The number of nitrogens with two attached hydrogens (primary N) is 2. The number of phenolic OH excluding ortho intramolecular Hbond substituents is 1. The molecule has 0 amide bonds. The van der Waals surface area contributed by atoms with Crippen LogP contribution in [0.4, 0.5) is 11.8 Å². The van der Waals surface area contributed by atoms with E-state index in [1.165, 1.54) is 0 Å². The van der Waals surface area contributed by atoms with Gasteiger partial charge in [0, 0.05) is 25.3 Å². The molecule has 0 spiro atoms. The topological polar surface area (TPSA) is 126 Å². The molecule has 5 N–H and O–H groups in total. The number of benzene rings is 2. The second kappa shape index (κ2) is 9.95. The number of nitrogen functional groups attached to an aromatic ring is 2. The molecule has 0 aliphatic heterocycles. The van der Waals surface area contributed by atoms with E-state index in [0.717, 1.165) is 35.1 Å². The van der Waals surface area contributed by atoms with Gasteiger partial charge in [-0.25, -0.2) is 4.98 Å². The Morgan fingerprint density at radius 1 is 1.12 bits per heavy atom. The summed E-state index contributed by atoms with van der Waals surface area (Å²) in [5.74, 6) is 2.55. The number of hydrogen-bond donors (Lipinski definition) is 3. The zero-order valence-electron chi connectivity index (χ0n) is 19.0. The van der Waals surface area contributed by atoms with E-state index in [2.05, 4.69) is 9.97 Å². The molecule has 1 saturated carbocycles. The second-order valence-electron chi connectivity index (χ2n) is 8.21. The molecule has 0 saturated heterocycles. The van der Waals surface area contributed by atoms with Crippen LogP contribution in [0, 0.1) is 5.92 Å². The summed E-state index contributed by atoms with van der Waals surface area (Å²) in [6.45, 7) is 2.94. The van der Waals surface area contributed by atoms with Crippen molar-refractivity contribution in [2.75, 3.05) is 31.8 Å². The van der Waals surface area contributed by atoms with E-state index >= 15 is 0 Å². The van der Waals surface area contributed by atoms with Crippen molar-refractivity contribution in [1.82, 2.24) is 9.97 Å². The Labute approximate surface area is 193 Å². The zero-order chi connectivity index (χ0) is 23.4. The third-order valence-corrected chi connectivity index (χ3v) is 5.65. The summed E-state index contributed by atoms with van der Waals surface area (Å²) >= 11 is 0. The van der Waals surface area contributed by atoms with E-state index in [0.29, 0.717) is 42.9 Å². The number of ether oxygens (including phenoxy) is 3. The largest absolute Gasteiger partial charge is 0.508 e. The third-order valence-electron chi connectivity index (χ3n) is 5.65. The summed E-state index contributed by atoms with van der Waals surface area (Å²) in [5.41, 5.74) is 15.2. The van der Waals surface area contributed by atoms with Crippen LogP contribution in [0.1, 0.15) is 30.9 Å². The number of rotatable bonds is 10. The SMILES string of the molecule is CCOc1cc(Cc2cnc(N)nc2N)cc(OC(COC)C2CC2)c1-c1ccc(O)cc1. The first-order chi connectivity index (χ1) is 16.0. The number of aromatic nitrogens is 2. The fourth-order valence-corrected chi connectivity index (χ4v) is 3.87. The molecule has 1 fully saturated rings. The van der Waals surface area contributed by atoms with Crippen molar-refractivity contribution in [3.8, 4) is 28.4 Å². The quantitative estimate of drug-likeness (QED) is 0.426. The number of nitrogens with zero attached hydrogens (tertiary/aromatic N) is 2. The van der Waals surface area contributed by atoms with Crippen LogP contribution in [0.25, 0.3) is 11.1 Å². The molecule has 1 aromatic heterocycles. The Hall–Kier alpha value is -3.52. The van der Waals surface area contributed by atoms with Gasteiger partial charge in [-0.1, -0.05) is 12.1 Å². The lowest BCUT2D eigenvalue weighted by molar-refractivity contribution is 0.0678. The van der Waals surface area contributed by atoms with Gasteiger partial charge in [0.05, 0.1) is 18.8 Å². The maximum Gasteiger partial charge on any atom is 0.221 e. The van der Waals surface area contributed by atoms with Crippen molar-refractivity contribution in [3.63, 3.8) is 0 Å². The minimum absolute atomic E-state index is 0.0551. The Morgan fingerprint density at radius 2 is 1.85 bits per heavy atom. The summed E-state index contributed by atoms with van der Waals surface area (Å²) in [5, 5.41) is 9.78. The van der Waals surface area contributed by atoms with Crippen molar-refractivity contribution < 1.29 is 19.3 Å². The lowest BCUT2D eigenvalue weighted by Crippen LogP contribution is -2.25. The normalized spacial score (nSPS) is 14.1. The van der Waals surface area contributed by atoms with Gasteiger partial charge in [0.1, 0.15) is 29.2 Å². The molecule has 2 aromatic carbocycles. The van der Waals surface area contributed by atoms with Crippen molar-refractivity contribution in [2.24, 2.45) is 5.92 Å². The van der Waals surface area contributed by atoms with Crippen LogP contribution in [0.2, 0.25) is 0 Å². The van der Waals surface area contributed by atoms with Crippen LogP contribution in [0.5, 0.6) is 17.2 Å². The van der Waals surface area contributed by atoms with E-state index in [1.54, 1.807) is 25.4 Å². The molecule has 1 aliphatic carbocycles. The average molecular weight is 451 g/mol. The molecule has 1 atom stereocenters. The molecule has 1 unspecified atom stereocenters. The lowest BCUT2D eigenvalue weighted by atomic mass is 9.98. The number of anilines is 2. The van der Waals surface area contributed by atoms with E-state index in [-0.39, 0.29) is 17.8 Å². The van der Waals surface area contributed by atoms with Gasteiger partial charge < -0.3 is 30.8 Å². The Kier molecular flexibility index (Phi) is 6.84. The summed E-state index contributed by atoms with van der Waals surface area (Å²) in [4.78, 5) is 8.15. The highest BCUT2D eigenvalue weighted by Gasteiger charge is 2.34. The van der Waals surface area contributed by atoms with E-state index in [9.17, 15) is 5.11 Å². The van der Waals surface area contributed by atoms with E-state index < -0.39 is 0 Å². The monoisotopic (exact) mass is 450 g/mol. The number of methoxy groups -OCH3 is 1. The summed E-state index contributed by atoms with van der Waals surface area (Å²) in [6.07, 6.45) is 4.33. The summed E-state index contributed by atoms with van der Waals surface area (Å²) < 4.78 is 18.0. The summed E-state index contributed by atoms with van der Waals surface area (Å²) in [6, 6.07) is 11.0. The molecule has 8 heteroatoms. The van der Waals surface area contributed by atoms with Crippen LogP contribution in [0.3, 0.4) is 0 Å². The molecule has 33 heavy (non-hydrogen) atoms. The van der Waals surface area contributed by atoms with Crippen LogP contribution in [-0.4, -0.2) is 41.5 Å². The highest BCUT2D eigenvalue weighted by atomic mass is 16.5. The van der Waals surface area contributed by atoms with E-state index in [1.807, 2.05) is 31.2 Å². The highest BCUT2D eigenvalue weighted by Crippen LogP contribution is 2.43. The Balaban J connectivity index is 1.79. The second-order valence-corrected chi connectivity index (χ2v) is 8.21. The van der Waals surface area contributed by atoms with Crippen molar-refractivity contribution in [1.29, 1.82) is 0 Å². The first kappa shape index (κ1) is 22.7. The van der Waals surface area contributed by atoms with Crippen LogP contribution in [0.15, 0.2) is 42.6 Å². The van der Waals surface area contributed by atoms with Crippen LogP contribution in [-0.2, 0) is 11.2 Å². The lowest BCUT2D eigenvalue weighted by Gasteiger charge is -2.23. The van der Waals surface area contributed by atoms with Crippen LogP contribution >= 0.6 is 0 Å². The fraction of sp³-hybridized carbons (Fsp3) is 0.360. The third kappa shape index (κ3) is 5.46. The fourth-order valence-electron chi connectivity index (χ4n) is 3.87. The minimum Gasteiger partial charge on any atom is -0.508 e. The van der Waals surface area contributed by atoms with Gasteiger partial charge in [-0.3, -0.25) is 0 Å². The number of phenols is 1. The first-order valence-corrected chi connectivity index (χ1v) is 11.1. The molecule has 4 rings (SSSR count). The standard InChI is InChI=1S/C25H30N4O4/c1-3-32-20-11-15(10-18-13-28-25(27)29-24(18)26)12-21(33-22(14-31-2)16-4-5-16)23(20)17-6-8-19(30)9-7-17/h6-9,11-13,16,22,30H,3-5,10,14H2,1-2H3,(H4,26,27,28,29). The molecule has 8 nitrogen and oxygen atoms in total. The molecule has 0 radical (unpaired) electrons. The predicted molar refractivity (Wildman–Crippen MR) is 127 cm³/mol. The first-order valence-electron chi connectivity index (χ1n) is 11.1. The molecule has 1 aliphatic rings. The number of aromatic hydroxyl groups is 1. The molecule has 0 bridgehead atoms. The van der Waals surface area contributed by atoms with Gasteiger partial charge in [0.25, 0.3) is 0 Å². The highest BCUT2D eigenvalue weighted by molar-refractivity contribution is 5.78. The average Bonchev–Trinajstić information content (AvgIpc) is 3.62. The van der Waals surface area contributed by atoms with Crippen molar-refractivity contribution in [2.45, 2.75) is 32.3 Å². The van der Waals surface area contributed by atoms with Gasteiger partial charge in [-0.15, -0.1) is 0 Å². The van der Waals surface area contributed by atoms with Gasteiger partial charge in [0.2, 0.25) is 5.95 Å². The van der Waals surface area contributed by atoms with Gasteiger partial charge in [-0.05, 0) is 61.1 Å². The van der Waals surface area contributed by atoms with Crippen molar-refractivity contribution >= 4 is 11.8 Å². The molecular formula is C25H30N4O4. The summed E-state index contributed by atoms with van der Waals surface area (Å²) in [7, 11) is 1.69. The number of hydrogen-bond acceptors (Lipinski definition) is 8. The molecule has 3 aromatic rings. The molecular weight excluding hydrogens is 420 g/mol. The smallest absolute Gasteiger partial charge is 0.221 e. The maximum absolute atomic E-state index is 9.78. The van der Waals surface area contributed by atoms with Gasteiger partial charge in [-0.2, -0.15) is 4.98 Å².